The molecule has 0 aliphatic rings. The third-order valence-electron chi connectivity index (χ3n) is 4.44. The molecule has 0 aliphatic heterocycles. The largest absolute Gasteiger partial charge is 0.493 e. The minimum Gasteiger partial charge on any atom is -0.493 e. The van der Waals surface area contributed by atoms with Crippen molar-refractivity contribution >= 4 is 39.6 Å². The number of benzene rings is 2. The van der Waals surface area contributed by atoms with Gasteiger partial charge < -0.3 is 15.0 Å². The van der Waals surface area contributed by atoms with Crippen molar-refractivity contribution < 1.29 is 5.11 Å². The third kappa shape index (κ3) is 4.01. The van der Waals surface area contributed by atoms with Crippen LogP contribution in [0.2, 0.25) is 0 Å². The van der Waals surface area contributed by atoms with Gasteiger partial charge in [0.15, 0.2) is 5.69 Å². The van der Waals surface area contributed by atoms with Crippen molar-refractivity contribution in [2.24, 2.45) is 10.2 Å². The van der Waals surface area contributed by atoms with Crippen LogP contribution in [0.15, 0.2) is 58.8 Å². The van der Waals surface area contributed by atoms with E-state index in [2.05, 4.69) is 41.5 Å². The molecule has 2 N–H and O–H groups in total. The molecule has 0 atom stereocenters. The Bertz CT molecular complexity index is 987. The molecule has 0 saturated carbocycles. The van der Waals surface area contributed by atoms with E-state index < -0.39 is 0 Å². The molecule has 0 saturated heterocycles. The first-order chi connectivity index (χ1) is 12.9. The van der Waals surface area contributed by atoms with Crippen molar-refractivity contribution in [3.8, 4) is 5.88 Å². The minimum absolute atomic E-state index is 0.0963. The number of nitrogens with one attached hydrogen (secondary N) is 1. The lowest BCUT2D eigenvalue weighted by molar-refractivity contribution is 0.407. The second kappa shape index (κ2) is 7.88. The van der Waals surface area contributed by atoms with Crippen LogP contribution in [0, 0.1) is 0 Å². The molecule has 0 amide bonds. The molecule has 2 aromatic carbocycles. The Kier molecular flexibility index (Phi) is 5.56. The molecule has 5 nitrogen and oxygen atoms in total. The fourth-order valence-corrected chi connectivity index (χ4v) is 3.21. The summed E-state index contributed by atoms with van der Waals surface area (Å²) in [5.41, 5.74) is 3.47. The van der Waals surface area contributed by atoms with Crippen LogP contribution in [-0.2, 0) is 0 Å². The molecule has 0 spiro atoms. The Morgan fingerprint density at radius 1 is 1.04 bits per heavy atom. The molecule has 0 fully saturated rings. The summed E-state index contributed by atoms with van der Waals surface area (Å²) in [6, 6.07) is 15.9. The normalized spacial score (nSPS) is 11.8. The van der Waals surface area contributed by atoms with Crippen LogP contribution in [0.5, 0.6) is 5.88 Å². The van der Waals surface area contributed by atoms with Crippen LogP contribution >= 0.6 is 12.2 Å². The number of nitrogens with zero attached hydrogens (tertiary/aromatic N) is 3. The Balaban J connectivity index is 1.83. The molecule has 27 heavy (non-hydrogen) atoms. The molecule has 0 bridgehead atoms. The zero-order valence-electron chi connectivity index (χ0n) is 16.0. The van der Waals surface area contributed by atoms with E-state index in [0.717, 1.165) is 16.6 Å². The van der Waals surface area contributed by atoms with Gasteiger partial charge in [0.1, 0.15) is 0 Å². The predicted molar refractivity (Wildman–Crippen MR) is 115 cm³/mol. The molecule has 0 radical (unpaired) electrons. The summed E-state index contributed by atoms with van der Waals surface area (Å²) in [5, 5.41) is 23.1. The van der Waals surface area contributed by atoms with E-state index in [0.29, 0.717) is 11.6 Å². The first-order valence-corrected chi connectivity index (χ1v) is 9.44. The smallest absolute Gasteiger partial charge is 0.221 e. The van der Waals surface area contributed by atoms with Crippen molar-refractivity contribution in [2.75, 3.05) is 5.32 Å². The molecule has 3 aromatic rings. The van der Waals surface area contributed by atoms with Crippen molar-refractivity contribution in [1.29, 1.82) is 0 Å². The highest BCUT2D eigenvalue weighted by atomic mass is 32.1. The Hall–Kier alpha value is -2.73. The van der Waals surface area contributed by atoms with Gasteiger partial charge >= 0.3 is 0 Å². The standard InChI is InChI=1S/C21H24N4OS/c1-13(2)15-9-11-16(12-10-15)22-21(27)24-23-19-17-7-5-6-8-18(17)25(14(3)4)20(19)26/h5-14,26H,1-4H3,(H,22,27). The van der Waals surface area contributed by atoms with Crippen LogP contribution in [0.25, 0.3) is 10.9 Å². The molecular formula is C21H24N4OS. The highest BCUT2D eigenvalue weighted by Crippen LogP contribution is 2.40. The highest BCUT2D eigenvalue weighted by molar-refractivity contribution is 7.80. The van der Waals surface area contributed by atoms with Crippen LogP contribution in [0.3, 0.4) is 0 Å². The predicted octanol–water partition coefficient (Wildman–Crippen LogP) is 6.53. The monoisotopic (exact) mass is 380 g/mol. The van der Waals surface area contributed by atoms with Crippen LogP contribution in [-0.4, -0.2) is 14.8 Å². The number of aromatic hydroxyl groups is 1. The molecule has 3 rings (SSSR count). The maximum atomic E-state index is 10.6. The van der Waals surface area contributed by atoms with Gasteiger partial charge in [0.05, 0.1) is 5.52 Å². The molecule has 1 heterocycles. The van der Waals surface area contributed by atoms with Gasteiger partial charge in [-0.15, -0.1) is 10.2 Å². The Labute approximate surface area is 164 Å². The van der Waals surface area contributed by atoms with Crippen molar-refractivity contribution in [3.05, 3.63) is 54.1 Å². The van der Waals surface area contributed by atoms with E-state index in [1.165, 1.54) is 5.56 Å². The van der Waals surface area contributed by atoms with Gasteiger partial charge in [0.25, 0.3) is 0 Å². The summed E-state index contributed by atoms with van der Waals surface area (Å²) in [5.74, 6) is 0.575. The topological polar surface area (TPSA) is 61.9 Å². The van der Waals surface area contributed by atoms with E-state index in [4.69, 9.17) is 12.2 Å². The molecule has 1 aromatic heterocycles. The summed E-state index contributed by atoms with van der Waals surface area (Å²) in [7, 11) is 0. The number of para-hydroxylation sites is 1. The van der Waals surface area contributed by atoms with E-state index in [9.17, 15) is 5.11 Å². The number of azo groups is 1. The van der Waals surface area contributed by atoms with E-state index >= 15 is 0 Å². The second-order valence-corrected chi connectivity index (χ2v) is 7.45. The number of aromatic nitrogens is 1. The van der Waals surface area contributed by atoms with Gasteiger partial charge in [-0.25, -0.2) is 0 Å². The van der Waals surface area contributed by atoms with Gasteiger partial charge in [-0.3, -0.25) is 0 Å². The van der Waals surface area contributed by atoms with Gasteiger partial charge in [-0.1, -0.05) is 44.2 Å². The average molecular weight is 381 g/mol. The van der Waals surface area contributed by atoms with Crippen LogP contribution in [0.1, 0.15) is 45.2 Å². The van der Waals surface area contributed by atoms with Crippen LogP contribution < -0.4 is 5.32 Å². The Morgan fingerprint density at radius 2 is 1.70 bits per heavy atom. The number of anilines is 1. The molecule has 140 valence electrons. The lowest BCUT2D eigenvalue weighted by Gasteiger charge is -2.10. The SMILES string of the molecule is CC(C)c1ccc(NC(=S)N=Nc2c(O)n(C(C)C)c3ccccc23)cc1. The average Bonchev–Trinajstić information content (AvgIpc) is 2.92. The second-order valence-electron chi connectivity index (χ2n) is 7.06. The van der Waals surface area contributed by atoms with Gasteiger partial charge in [-0.05, 0) is 55.7 Å². The van der Waals surface area contributed by atoms with Crippen LogP contribution in [0.4, 0.5) is 11.4 Å². The number of hydrogen-bond acceptors (Lipinski definition) is 3. The van der Waals surface area contributed by atoms with E-state index in [-0.39, 0.29) is 17.0 Å². The zero-order valence-corrected chi connectivity index (χ0v) is 16.8. The molecule has 0 aliphatic carbocycles. The summed E-state index contributed by atoms with van der Waals surface area (Å²) in [6.07, 6.45) is 0. The maximum Gasteiger partial charge on any atom is 0.221 e. The molecule has 6 heteroatoms. The number of fused-ring (bicyclic) bond motifs is 1. The molecular weight excluding hydrogens is 356 g/mol. The van der Waals surface area contributed by atoms with Crippen molar-refractivity contribution in [3.63, 3.8) is 0 Å². The summed E-state index contributed by atoms with van der Waals surface area (Å²) < 4.78 is 1.84. The Morgan fingerprint density at radius 3 is 2.33 bits per heavy atom. The number of thiocarbonyl (C=S) groups is 1. The van der Waals surface area contributed by atoms with E-state index in [1.807, 2.05) is 54.8 Å². The quantitative estimate of drug-likeness (QED) is 0.399. The summed E-state index contributed by atoms with van der Waals surface area (Å²) in [6.45, 7) is 8.34. The number of rotatable bonds is 4. The lowest BCUT2D eigenvalue weighted by Crippen LogP contribution is -2.05. The number of hydrogen-bond donors (Lipinski definition) is 2. The zero-order chi connectivity index (χ0) is 19.6. The molecule has 0 unspecified atom stereocenters. The fourth-order valence-electron chi connectivity index (χ4n) is 3.05. The van der Waals surface area contributed by atoms with Gasteiger partial charge in [0, 0.05) is 17.1 Å². The van der Waals surface area contributed by atoms with Crippen molar-refractivity contribution in [2.45, 2.75) is 39.7 Å². The minimum atomic E-state index is 0.0963. The highest BCUT2D eigenvalue weighted by Gasteiger charge is 2.18. The summed E-state index contributed by atoms with van der Waals surface area (Å²) >= 11 is 5.28. The van der Waals surface area contributed by atoms with Gasteiger partial charge in [-0.2, -0.15) is 0 Å². The lowest BCUT2D eigenvalue weighted by atomic mass is 10.0. The van der Waals surface area contributed by atoms with E-state index in [1.54, 1.807) is 0 Å². The first kappa shape index (κ1) is 19.0. The fraction of sp³-hybridized carbons (Fsp3) is 0.286. The summed E-state index contributed by atoms with van der Waals surface area (Å²) in [4.78, 5) is 0. The maximum absolute atomic E-state index is 10.6. The first-order valence-electron chi connectivity index (χ1n) is 9.03. The van der Waals surface area contributed by atoms with Crippen molar-refractivity contribution in [1.82, 2.24) is 4.57 Å². The van der Waals surface area contributed by atoms with Gasteiger partial charge in [0.2, 0.25) is 11.0 Å². The third-order valence-corrected chi connectivity index (χ3v) is 4.63.